The summed E-state index contributed by atoms with van der Waals surface area (Å²) < 4.78 is 0. The third kappa shape index (κ3) is 3.14. The van der Waals surface area contributed by atoms with Gasteiger partial charge in [-0.05, 0) is 31.8 Å². The van der Waals surface area contributed by atoms with E-state index < -0.39 is 0 Å². The summed E-state index contributed by atoms with van der Waals surface area (Å²) in [6.07, 6.45) is 8.79. The lowest BCUT2D eigenvalue weighted by atomic mass is 9.91. The van der Waals surface area contributed by atoms with Crippen LogP contribution in [0.1, 0.15) is 45.4 Å². The van der Waals surface area contributed by atoms with Crippen molar-refractivity contribution in [2.45, 2.75) is 45.4 Å². The molecular weight excluding hydrogens is 146 g/mol. The zero-order chi connectivity index (χ0) is 8.81. The molecule has 0 bridgehead atoms. The van der Waals surface area contributed by atoms with Gasteiger partial charge in [0.2, 0.25) is 0 Å². The average molecular weight is 169 g/mol. The standard InChI is InChI=1S/C11H23N/c1-3-10(9-12-2)8-11-6-4-5-7-11/h10-12H,3-9H2,1-2H3. The summed E-state index contributed by atoms with van der Waals surface area (Å²) in [7, 11) is 2.07. The van der Waals surface area contributed by atoms with Crippen molar-refractivity contribution in [3.63, 3.8) is 0 Å². The maximum atomic E-state index is 3.29. The molecule has 1 unspecified atom stereocenters. The molecule has 0 aromatic carbocycles. The van der Waals surface area contributed by atoms with Gasteiger partial charge in [-0.1, -0.05) is 39.0 Å². The maximum absolute atomic E-state index is 3.29. The third-order valence-electron chi connectivity index (χ3n) is 3.21. The Morgan fingerprint density at radius 2 is 2.00 bits per heavy atom. The van der Waals surface area contributed by atoms with Gasteiger partial charge in [0.1, 0.15) is 0 Å². The summed E-state index contributed by atoms with van der Waals surface area (Å²) in [4.78, 5) is 0. The first-order chi connectivity index (χ1) is 5.86. The predicted octanol–water partition coefficient (Wildman–Crippen LogP) is 2.81. The summed E-state index contributed by atoms with van der Waals surface area (Å²) >= 11 is 0. The van der Waals surface area contributed by atoms with E-state index in [2.05, 4.69) is 19.3 Å². The number of hydrogen-bond acceptors (Lipinski definition) is 1. The van der Waals surface area contributed by atoms with Crippen LogP contribution in [0.3, 0.4) is 0 Å². The predicted molar refractivity (Wildman–Crippen MR) is 54.3 cm³/mol. The van der Waals surface area contributed by atoms with Gasteiger partial charge in [0.15, 0.2) is 0 Å². The van der Waals surface area contributed by atoms with E-state index in [0.29, 0.717) is 0 Å². The number of nitrogens with one attached hydrogen (secondary N) is 1. The minimum atomic E-state index is 0.929. The lowest BCUT2D eigenvalue weighted by molar-refractivity contribution is 0.358. The highest BCUT2D eigenvalue weighted by Gasteiger charge is 2.18. The first-order valence-electron chi connectivity index (χ1n) is 5.51. The Bertz CT molecular complexity index is 106. The van der Waals surface area contributed by atoms with Crippen LogP contribution in [0.4, 0.5) is 0 Å². The van der Waals surface area contributed by atoms with Gasteiger partial charge >= 0.3 is 0 Å². The van der Waals surface area contributed by atoms with Gasteiger partial charge in [-0.25, -0.2) is 0 Å². The Hall–Kier alpha value is -0.0400. The smallest absolute Gasteiger partial charge is 0.00235 e. The molecule has 0 amide bonds. The molecule has 12 heavy (non-hydrogen) atoms. The zero-order valence-corrected chi connectivity index (χ0v) is 8.60. The maximum Gasteiger partial charge on any atom is -0.00235 e. The van der Waals surface area contributed by atoms with E-state index in [4.69, 9.17) is 0 Å². The molecule has 0 radical (unpaired) electrons. The zero-order valence-electron chi connectivity index (χ0n) is 8.60. The fourth-order valence-electron chi connectivity index (χ4n) is 2.40. The molecule has 0 aliphatic heterocycles. The molecule has 1 N–H and O–H groups in total. The molecule has 1 fully saturated rings. The van der Waals surface area contributed by atoms with E-state index in [1.165, 1.54) is 45.1 Å². The fraction of sp³-hybridized carbons (Fsp3) is 1.00. The molecule has 1 aliphatic rings. The topological polar surface area (TPSA) is 12.0 Å². The summed E-state index contributed by atoms with van der Waals surface area (Å²) in [5, 5.41) is 3.29. The summed E-state index contributed by atoms with van der Waals surface area (Å²) in [6.45, 7) is 3.53. The summed E-state index contributed by atoms with van der Waals surface area (Å²) in [5.74, 6) is 1.99. The molecule has 0 saturated heterocycles. The Balaban J connectivity index is 2.16. The van der Waals surface area contributed by atoms with Crippen molar-refractivity contribution < 1.29 is 0 Å². The van der Waals surface area contributed by atoms with Crippen LogP contribution in [0.15, 0.2) is 0 Å². The van der Waals surface area contributed by atoms with Crippen LogP contribution in [0.25, 0.3) is 0 Å². The van der Waals surface area contributed by atoms with Gasteiger partial charge < -0.3 is 5.32 Å². The molecule has 0 aromatic rings. The molecule has 1 rings (SSSR count). The lowest BCUT2D eigenvalue weighted by Gasteiger charge is -2.18. The highest BCUT2D eigenvalue weighted by atomic mass is 14.8. The fourth-order valence-corrected chi connectivity index (χ4v) is 2.40. The van der Waals surface area contributed by atoms with Crippen LogP contribution in [0, 0.1) is 11.8 Å². The molecule has 1 saturated carbocycles. The highest BCUT2D eigenvalue weighted by Crippen LogP contribution is 2.30. The quantitative estimate of drug-likeness (QED) is 0.667. The Labute approximate surface area is 76.9 Å². The van der Waals surface area contributed by atoms with Gasteiger partial charge in [0.25, 0.3) is 0 Å². The van der Waals surface area contributed by atoms with Gasteiger partial charge in [-0.2, -0.15) is 0 Å². The molecule has 0 spiro atoms. The van der Waals surface area contributed by atoms with Crippen molar-refractivity contribution >= 4 is 0 Å². The molecule has 0 heterocycles. The average Bonchev–Trinajstić information content (AvgIpc) is 2.56. The lowest BCUT2D eigenvalue weighted by Crippen LogP contribution is -2.20. The molecular formula is C11H23N. The highest BCUT2D eigenvalue weighted by molar-refractivity contribution is 4.71. The van der Waals surface area contributed by atoms with Crippen molar-refractivity contribution in [1.82, 2.24) is 5.32 Å². The largest absolute Gasteiger partial charge is 0.319 e. The Morgan fingerprint density at radius 1 is 1.33 bits per heavy atom. The van der Waals surface area contributed by atoms with Crippen LogP contribution in [-0.4, -0.2) is 13.6 Å². The molecule has 1 atom stereocenters. The second-order valence-electron chi connectivity index (χ2n) is 4.22. The first kappa shape index (κ1) is 10.0. The Morgan fingerprint density at radius 3 is 2.50 bits per heavy atom. The van der Waals surface area contributed by atoms with Crippen LogP contribution in [0.5, 0.6) is 0 Å². The van der Waals surface area contributed by atoms with Crippen LogP contribution < -0.4 is 5.32 Å². The second kappa shape index (κ2) is 5.58. The monoisotopic (exact) mass is 169 g/mol. The van der Waals surface area contributed by atoms with Crippen LogP contribution >= 0.6 is 0 Å². The number of rotatable bonds is 5. The van der Waals surface area contributed by atoms with Crippen molar-refractivity contribution in [2.24, 2.45) is 11.8 Å². The van der Waals surface area contributed by atoms with E-state index in [-0.39, 0.29) is 0 Å². The van der Waals surface area contributed by atoms with Gasteiger partial charge in [0.05, 0.1) is 0 Å². The first-order valence-corrected chi connectivity index (χ1v) is 5.51. The van der Waals surface area contributed by atoms with Crippen molar-refractivity contribution in [3.05, 3.63) is 0 Å². The second-order valence-corrected chi connectivity index (χ2v) is 4.22. The molecule has 0 aromatic heterocycles. The minimum absolute atomic E-state index is 0.929. The van der Waals surface area contributed by atoms with E-state index in [9.17, 15) is 0 Å². The van der Waals surface area contributed by atoms with Crippen molar-refractivity contribution in [1.29, 1.82) is 0 Å². The van der Waals surface area contributed by atoms with E-state index >= 15 is 0 Å². The Kier molecular flexibility index (Phi) is 4.67. The SMILES string of the molecule is CCC(CNC)CC1CCCC1. The van der Waals surface area contributed by atoms with Gasteiger partial charge in [-0.3, -0.25) is 0 Å². The minimum Gasteiger partial charge on any atom is -0.319 e. The summed E-state index contributed by atoms with van der Waals surface area (Å²) in [6, 6.07) is 0. The van der Waals surface area contributed by atoms with Crippen LogP contribution in [0.2, 0.25) is 0 Å². The normalized spacial score (nSPS) is 21.5. The van der Waals surface area contributed by atoms with Crippen LogP contribution in [-0.2, 0) is 0 Å². The summed E-state index contributed by atoms with van der Waals surface area (Å²) in [5.41, 5.74) is 0. The molecule has 1 nitrogen and oxygen atoms in total. The number of hydrogen-bond donors (Lipinski definition) is 1. The van der Waals surface area contributed by atoms with E-state index in [0.717, 1.165) is 11.8 Å². The van der Waals surface area contributed by atoms with Gasteiger partial charge in [-0.15, -0.1) is 0 Å². The third-order valence-corrected chi connectivity index (χ3v) is 3.21. The van der Waals surface area contributed by atoms with Crippen molar-refractivity contribution in [3.8, 4) is 0 Å². The molecule has 72 valence electrons. The van der Waals surface area contributed by atoms with E-state index in [1.807, 2.05) is 0 Å². The van der Waals surface area contributed by atoms with Crippen molar-refractivity contribution in [2.75, 3.05) is 13.6 Å². The molecule has 1 heteroatoms. The van der Waals surface area contributed by atoms with E-state index in [1.54, 1.807) is 0 Å². The van der Waals surface area contributed by atoms with Gasteiger partial charge in [0, 0.05) is 0 Å². The molecule has 1 aliphatic carbocycles.